The molecule has 0 bridgehead atoms. The molecule has 0 N–H and O–H groups in total. The maximum absolute atomic E-state index is 13.7. The second kappa shape index (κ2) is 39.7. The summed E-state index contributed by atoms with van der Waals surface area (Å²) in [5, 5.41) is 0. The summed E-state index contributed by atoms with van der Waals surface area (Å²) in [5.74, 6) is -0.295. The molecule has 0 fully saturated rings. The Balaban J connectivity index is 2.48. The van der Waals surface area contributed by atoms with E-state index in [9.17, 15) is 9.36 Å². The van der Waals surface area contributed by atoms with Crippen LogP contribution in [0, 0.1) is 0 Å². The Bertz CT molecular complexity index is 1090. The second-order valence-corrected chi connectivity index (χ2v) is 18.0. The average Bonchev–Trinajstić information content (AvgIpc) is 3.20. The van der Waals surface area contributed by atoms with E-state index in [2.05, 4.69) is 13.8 Å². The molecule has 8 nitrogen and oxygen atoms in total. The number of carbonyl (C=O) groups is 1. The van der Waals surface area contributed by atoms with Crippen LogP contribution in [0.1, 0.15) is 206 Å². The summed E-state index contributed by atoms with van der Waals surface area (Å²) >= 11 is 0. The number of hydrogen-bond acceptors (Lipinski definition) is 8. The summed E-state index contributed by atoms with van der Waals surface area (Å²) in [4.78, 5) is 14.9. The molecular formula is C48H88NO7P. The number of ether oxygens (including phenoxy) is 2. The molecule has 0 aliphatic rings. The normalized spacial score (nSPS) is 13.4. The van der Waals surface area contributed by atoms with E-state index in [0.717, 1.165) is 37.7 Å². The highest BCUT2D eigenvalue weighted by Gasteiger charge is 2.30. The molecule has 0 aliphatic heterocycles. The van der Waals surface area contributed by atoms with Gasteiger partial charge in [-0.15, -0.1) is 0 Å². The van der Waals surface area contributed by atoms with Crippen LogP contribution in [0.4, 0.5) is 0 Å². The number of allylic oxidation sites excluding steroid dienone is 1. The number of nitrogens with zero attached hydrogens (tertiary/aromatic N) is 1. The van der Waals surface area contributed by atoms with Crippen LogP contribution >= 0.6 is 7.82 Å². The van der Waals surface area contributed by atoms with Crippen molar-refractivity contribution in [2.45, 2.75) is 213 Å². The van der Waals surface area contributed by atoms with Gasteiger partial charge >= 0.3 is 13.8 Å². The number of esters is 1. The Morgan fingerprint density at radius 3 is 1.58 bits per heavy atom. The van der Waals surface area contributed by atoms with Gasteiger partial charge in [-0.1, -0.05) is 205 Å². The number of hydrogen-bond donors (Lipinski definition) is 0. The molecule has 0 aromatic heterocycles. The van der Waals surface area contributed by atoms with Gasteiger partial charge in [0.15, 0.2) is 6.10 Å². The van der Waals surface area contributed by atoms with Gasteiger partial charge in [-0.2, -0.15) is 0 Å². The summed E-state index contributed by atoms with van der Waals surface area (Å²) in [7, 11) is -0.132. The van der Waals surface area contributed by atoms with Crippen molar-refractivity contribution in [2.75, 3.05) is 40.5 Å². The van der Waals surface area contributed by atoms with Crippen molar-refractivity contribution in [1.82, 2.24) is 4.90 Å². The first-order valence-corrected chi connectivity index (χ1v) is 25.0. The molecule has 0 aliphatic carbocycles. The molecular weight excluding hydrogens is 734 g/mol. The van der Waals surface area contributed by atoms with E-state index in [-0.39, 0.29) is 32.4 Å². The second-order valence-electron chi connectivity index (χ2n) is 16.3. The topological polar surface area (TPSA) is 83.5 Å². The average molecular weight is 822 g/mol. The fourth-order valence-corrected chi connectivity index (χ4v) is 7.94. The minimum absolute atomic E-state index is 0.0715. The molecule has 0 radical (unpaired) electrons. The van der Waals surface area contributed by atoms with Crippen molar-refractivity contribution in [3.05, 3.63) is 48.2 Å². The number of benzene rings is 1. The van der Waals surface area contributed by atoms with E-state index in [4.69, 9.17) is 23.0 Å². The van der Waals surface area contributed by atoms with E-state index in [1.165, 1.54) is 148 Å². The van der Waals surface area contributed by atoms with E-state index in [0.29, 0.717) is 13.0 Å². The smallest absolute Gasteiger partial charge is 0.475 e. The molecule has 0 saturated carbocycles. The van der Waals surface area contributed by atoms with Crippen LogP contribution in [0.2, 0.25) is 0 Å². The number of carbonyl (C=O) groups excluding carboxylic acids is 1. The summed E-state index contributed by atoms with van der Waals surface area (Å²) in [6, 6.07) is 9.50. The third kappa shape index (κ3) is 35.9. The van der Waals surface area contributed by atoms with Gasteiger partial charge in [-0.05, 0) is 45.0 Å². The Kier molecular flexibility index (Phi) is 37.2. The lowest BCUT2D eigenvalue weighted by atomic mass is 10.0. The van der Waals surface area contributed by atoms with Crippen LogP contribution in [-0.4, -0.2) is 57.4 Å². The molecule has 57 heavy (non-hydrogen) atoms. The Labute approximate surface area is 351 Å². The molecule has 332 valence electrons. The van der Waals surface area contributed by atoms with Crippen molar-refractivity contribution >= 4 is 13.8 Å². The van der Waals surface area contributed by atoms with E-state index >= 15 is 0 Å². The quantitative estimate of drug-likeness (QED) is 0.0279. The first kappa shape index (κ1) is 53.3. The molecule has 1 unspecified atom stereocenters. The number of rotatable bonds is 43. The van der Waals surface area contributed by atoms with E-state index in [1.54, 1.807) is 6.26 Å². The highest BCUT2D eigenvalue weighted by molar-refractivity contribution is 7.48. The zero-order valence-electron chi connectivity index (χ0n) is 37.4. The van der Waals surface area contributed by atoms with E-state index in [1.807, 2.05) is 55.4 Å². The predicted octanol–water partition coefficient (Wildman–Crippen LogP) is 14.7. The van der Waals surface area contributed by atoms with Gasteiger partial charge in [0.05, 0.1) is 26.1 Å². The van der Waals surface area contributed by atoms with Crippen molar-refractivity contribution in [1.29, 1.82) is 0 Å². The van der Waals surface area contributed by atoms with Gasteiger partial charge in [-0.3, -0.25) is 18.4 Å². The SMILES string of the molecule is CCCCCCCCCCCCCC/C=C/OC[C@H](COP(=O)(OCCN(C)C)OCc1ccccc1)OC(=O)CCCCCCCCCCCCCCCCC. The van der Waals surface area contributed by atoms with Gasteiger partial charge in [0, 0.05) is 13.0 Å². The van der Waals surface area contributed by atoms with Crippen molar-refractivity contribution in [3.63, 3.8) is 0 Å². The third-order valence-corrected chi connectivity index (χ3v) is 11.8. The zero-order valence-corrected chi connectivity index (χ0v) is 38.3. The van der Waals surface area contributed by atoms with Crippen LogP contribution in [0.25, 0.3) is 0 Å². The number of unbranched alkanes of at least 4 members (excludes halogenated alkanes) is 26. The predicted molar refractivity (Wildman–Crippen MR) is 240 cm³/mol. The van der Waals surface area contributed by atoms with E-state index < -0.39 is 13.9 Å². The van der Waals surface area contributed by atoms with Crippen molar-refractivity contribution in [2.24, 2.45) is 0 Å². The van der Waals surface area contributed by atoms with Crippen LogP contribution in [0.3, 0.4) is 0 Å². The van der Waals surface area contributed by atoms with Gasteiger partial charge < -0.3 is 14.4 Å². The van der Waals surface area contributed by atoms with Crippen LogP contribution in [0.15, 0.2) is 42.7 Å². The first-order valence-electron chi connectivity index (χ1n) is 23.6. The summed E-state index contributed by atoms with van der Waals surface area (Å²) in [6.07, 6.45) is 39.3. The number of likely N-dealkylation sites (N-methyl/N-ethyl adjacent to an activating group) is 1. The van der Waals surface area contributed by atoms with Crippen LogP contribution in [-0.2, 0) is 39.0 Å². The summed E-state index contributed by atoms with van der Waals surface area (Å²) < 4.78 is 42.6. The fourth-order valence-electron chi connectivity index (χ4n) is 6.75. The monoisotopic (exact) mass is 822 g/mol. The lowest BCUT2D eigenvalue weighted by Gasteiger charge is -2.22. The molecule has 0 saturated heterocycles. The maximum atomic E-state index is 13.7. The molecule has 1 aromatic carbocycles. The minimum atomic E-state index is -3.96. The lowest BCUT2D eigenvalue weighted by molar-refractivity contribution is -0.153. The fraction of sp³-hybridized carbons (Fsp3) is 0.812. The number of phosphoric acid groups is 1. The highest BCUT2D eigenvalue weighted by atomic mass is 31.2. The summed E-state index contributed by atoms with van der Waals surface area (Å²) in [6.45, 7) is 5.26. The Hall–Kier alpha value is -1.70. The molecule has 0 amide bonds. The van der Waals surface area contributed by atoms with Gasteiger partial charge in [-0.25, -0.2) is 4.57 Å². The lowest BCUT2D eigenvalue weighted by Crippen LogP contribution is -2.28. The number of phosphoric ester groups is 1. The molecule has 1 aromatic rings. The van der Waals surface area contributed by atoms with Gasteiger partial charge in [0.2, 0.25) is 0 Å². The molecule has 9 heteroatoms. The Morgan fingerprint density at radius 1 is 0.614 bits per heavy atom. The third-order valence-electron chi connectivity index (χ3n) is 10.4. The van der Waals surface area contributed by atoms with Gasteiger partial charge in [0.1, 0.15) is 6.61 Å². The standard InChI is InChI=1S/C48H88NO7P/c1-5-7-9-11-13-15-17-19-21-22-24-26-28-30-35-39-48(50)56-47(44-52-41-36-31-29-27-25-23-20-18-16-14-12-10-8-6-2)45-55-57(51,53-42-40-49(3)4)54-43-46-37-33-32-34-38-46/h32-34,36-38,41,47H,5-31,35,39-40,42-45H2,1-4H3/b41-36+/t47-,57?/m1/s1. The van der Waals surface area contributed by atoms with Crippen LogP contribution in [0.5, 0.6) is 0 Å². The maximum Gasteiger partial charge on any atom is 0.475 e. The van der Waals surface area contributed by atoms with Crippen molar-refractivity contribution < 1.29 is 32.4 Å². The first-order chi connectivity index (χ1) is 27.9. The largest absolute Gasteiger partial charge is 0.498 e. The Morgan fingerprint density at radius 2 is 1.09 bits per heavy atom. The van der Waals surface area contributed by atoms with Crippen LogP contribution < -0.4 is 0 Å². The molecule has 2 atom stereocenters. The highest BCUT2D eigenvalue weighted by Crippen LogP contribution is 2.50. The summed E-state index contributed by atoms with van der Waals surface area (Å²) in [5.41, 5.74) is 0.852. The molecule has 0 spiro atoms. The zero-order chi connectivity index (χ0) is 41.3. The minimum Gasteiger partial charge on any atom is -0.498 e. The van der Waals surface area contributed by atoms with Gasteiger partial charge in [0.25, 0.3) is 0 Å². The van der Waals surface area contributed by atoms with Crippen molar-refractivity contribution in [3.8, 4) is 0 Å². The molecule has 0 heterocycles. The molecule has 1 rings (SSSR count).